The largest absolute Gasteiger partial charge is 0.357 e. The lowest BCUT2D eigenvalue weighted by atomic mass is 10.0. The van der Waals surface area contributed by atoms with Crippen molar-refractivity contribution in [1.29, 1.82) is 0 Å². The Labute approximate surface area is 116 Å². The van der Waals surface area contributed by atoms with Crippen molar-refractivity contribution in [2.75, 3.05) is 18.0 Å². The summed E-state index contributed by atoms with van der Waals surface area (Å²) in [5.41, 5.74) is 1.37. The molecule has 1 atom stereocenters. The Bertz CT molecular complexity index is 414. The van der Waals surface area contributed by atoms with Crippen molar-refractivity contribution >= 4 is 5.82 Å². The van der Waals surface area contributed by atoms with Crippen molar-refractivity contribution in [3.05, 3.63) is 23.9 Å². The molecular formula is C16H25N3. The minimum atomic E-state index is 0.774. The molecule has 1 aromatic heterocycles. The van der Waals surface area contributed by atoms with E-state index in [0.29, 0.717) is 0 Å². The highest BCUT2D eigenvalue weighted by atomic mass is 15.2. The number of nitrogens with one attached hydrogen (secondary N) is 1. The maximum atomic E-state index is 4.57. The van der Waals surface area contributed by atoms with Gasteiger partial charge >= 0.3 is 0 Å². The summed E-state index contributed by atoms with van der Waals surface area (Å²) >= 11 is 0. The SMILES string of the molecule is CC1CCCN(c2cc(CNC3CC3)ccn2)CC1. The number of hydrogen-bond donors (Lipinski definition) is 1. The van der Waals surface area contributed by atoms with Crippen molar-refractivity contribution in [3.63, 3.8) is 0 Å². The van der Waals surface area contributed by atoms with Crippen LogP contribution in [0.1, 0.15) is 44.6 Å². The molecule has 1 aliphatic carbocycles. The van der Waals surface area contributed by atoms with Gasteiger partial charge in [0.25, 0.3) is 0 Å². The lowest BCUT2D eigenvalue weighted by molar-refractivity contribution is 0.521. The number of hydrogen-bond acceptors (Lipinski definition) is 3. The van der Waals surface area contributed by atoms with E-state index < -0.39 is 0 Å². The molecule has 1 unspecified atom stereocenters. The monoisotopic (exact) mass is 259 g/mol. The summed E-state index contributed by atoms with van der Waals surface area (Å²) in [5.74, 6) is 2.04. The summed E-state index contributed by atoms with van der Waals surface area (Å²) in [6.07, 6.45) is 8.62. The van der Waals surface area contributed by atoms with Crippen LogP contribution in [-0.2, 0) is 6.54 Å². The van der Waals surface area contributed by atoms with E-state index in [4.69, 9.17) is 0 Å². The van der Waals surface area contributed by atoms with Gasteiger partial charge < -0.3 is 10.2 Å². The van der Waals surface area contributed by atoms with Gasteiger partial charge in [-0.05, 0) is 55.7 Å². The van der Waals surface area contributed by atoms with E-state index in [1.165, 1.54) is 43.5 Å². The van der Waals surface area contributed by atoms with E-state index in [2.05, 4.69) is 34.3 Å². The smallest absolute Gasteiger partial charge is 0.128 e. The van der Waals surface area contributed by atoms with Crippen molar-refractivity contribution < 1.29 is 0 Å². The number of nitrogens with zero attached hydrogens (tertiary/aromatic N) is 2. The van der Waals surface area contributed by atoms with Crippen LogP contribution in [0, 0.1) is 5.92 Å². The first-order chi connectivity index (χ1) is 9.31. The van der Waals surface area contributed by atoms with Crippen molar-refractivity contribution in [3.8, 4) is 0 Å². The molecule has 1 saturated carbocycles. The Morgan fingerprint density at radius 1 is 1.26 bits per heavy atom. The van der Waals surface area contributed by atoms with Crippen LogP contribution in [0.5, 0.6) is 0 Å². The normalized spacial score (nSPS) is 24.3. The zero-order valence-corrected chi connectivity index (χ0v) is 11.9. The molecule has 0 amide bonds. The summed E-state index contributed by atoms with van der Waals surface area (Å²) in [5, 5.41) is 3.58. The van der Waals surface area contributed by atoms with Crippen LogP contribution in [0.3, 0.4) is 0 Å². The molecule has 104 valence electrons. The average molecular weight is 259 g/mol. The van der Waals surface area contributed by atoms with Crippen molar-refractivity contribution in [2.45, 2.75) is 51.6 Å². The van der Waals surface area contributed by atoms with Crippen LogP contribution >= 0.6 is 0 Å². The summed E-state index contributed by atoms with van der Waals surface area (Å²) in [6.45, 7) is 5.68. The van der Waals surface area contributed by atoms with E-state index in [0.717, 1.165) is 31.6 Å². The van der Waals surface area contributed by atoms with Crippen LogP contribution in [0.15, 0.2) is 18.3 Å². The molecule has 2 aliphatic rings. The second-order valence-electron chi connectivity index (χ2n) is 6.20. The van der Waals surface area contributed by atoms with Gasteiger partial charge in [-0.1, -0.05) is 6.92 Å². The highest BCUT2D eigenvalue weighted by Crippen LogP contribution is 2.22. The van der Waals surface area contributed by atoms with Crippen LogP contribution in [0.2, 0.25) is 0 Å². The predicted molar refractivity (Wildman–Crippen MR) is 79.3 cm³/mol. The van der Waals surface area contributed by atoms with Gasteiger partial charge in [0.15, 0.2) is 0 Å². The van der Waals surface area contributed by atoms with E-state index in [1.54, 1.807) is 0 Å². The summed E-state index contributed by atoms with van der Waals surface area (Å²) in [4.78, 5) is 7.03. The Kier molecular flexibility index (Phi) is 4.02. The average Bonchev–Trinajstić information content (AvgIpc) is 3.24. The molecule has 1 saturated heterocycles. The fourth-order valence-corrected chi connectivity index (χ4v) is 2.79. The first-order valence-corrected chi connectivity index (χ1v) is 7.74. The van der Waals surface area contributed by atoms with Gasteiger partial charge in [-0.15, -0.1) is 0 Å². The fraction of sp³-hybridized carbons (Fsp3) is 0.688. The number of rotatable bonds is 4. The third-order valence-corrected chi connectivity index (χ3v) is 4.32. The molecule has 1 aliphatic heterocycles. The zero-order valence-electron chi connectivity index (χ0n) is 11.9. The lowest BCUT2D eigenvalue weighted by Gasteiger charge is -2.22. The maximum Gasteiger partial charge on any atom is 0.128 e. The summed E-state index contributed by atoms with van der Waals surface area (Å²) in [6, 6.07) is 5.18. The Balaban J connectivity index is 1.63. The summed E-state index contributed by atoms with van der Waals surface area (Å²) < 4.78 is 0. The minimum absolute atomic E-state index is 0.774. The van der Waals surface area contributed by atoms with Gasteiger partial charge in [-0.3, -0.25) is 0 Å². The third-order valence-electron chi connectivity index (χ3n) is 4.32. The first-order valence-electron chi connectivity index (χ1n) is 7.74. The molecule has 3 rings (SSSR count). The molecule has 0 spiro atoms. The molecule has 19 heavy (non-hydrogen) atoms. The zero-order chi connectivity index (χ0) is 13.1. The standard InChI is InChI=1S/C16H25N3/c1-13-3-2-9-19(10-7-13)16-11-14(6-8-17-16)12-18-15-4-5-15/h6,8,11,13,15,18H,2-5,7,9-10,12H2,1H3. The van der Waals surface area contributed by atoms with E-state index in [-0.39, 0.29) is 0 Å². The van der Waals surface area contributed by atoms with Crippen LogP contribution in [0.25, 0.3) is 0 Å². The predicted octanol–water partition coefficient (Wildman–Crippen LogP) is 2.96. The second kappa shape index (κ2) is 5.91. The molecular weight excluding hydrogens is 234 g/mol. The summed E-state index contributed by atoms with van der Waals surface area (Å²) in [7, 11) is 0. The van der Waals surface area contributed by atoms with Gasteiger partial charge in [0, 0.05) is 31.9 Å². The van der Waals surface area contributed by atoms with E-state index in [1.807, 2.05) is 6.20 Å². The molecule has 0 bridgehead atoms. The van der Waals surface area contributed by atoms with Gasteiger partial charge in [0.05, 0.1) is 0 Å². The van der Waals surface area contributed by atoms with Crippen molar-refractivity contribution in [1.82, 2.24) is 10.3 Å². The molecule has 1 aromatic rings. The molecule has 0 aromatic carbocycles. The quantitative estimate of drug-likeness (QED) is 0.901. The molecule has 3 nitrogen and oxygen atoms in total. The Morgan fingerprint density at radius 3 is 3.00 bits per heavy atom. The highest BCUT2D eigenvalue weighted by molar-refractivity contribution is 5.41. The fourth-order valence-electron chi connectivity index (χ4n) is 2.79. The lowest BCUT2D eigenvalue weighted by Crippen LogP contribution is -2.25. The minimum Gasteiger partial charge on any atom is -0.357 e. The van der Waals surface area contributed by atoms with E-state index >= 15 is 0 Å². The number of pyridine rings is 1. The van der Waals surface area contributed by atoms with Crippen LogP contribution in [0.4, 0.5) is 5.82 Å². The molecule has 2 heterocycles. The van der Waals surface area contributed by atoms with E-state index in [9.17, 15) is 0 Å². The number of anilines is 1. The van der Waals surface area contributed by atoms with Gasteiger partial charge in [0.1, 0.15) is 5.82 Å². The van der Waals surface area contributed by atoms with Crippen LogP contribution in [-0.4, -0.2) is 24.1 Å². The Morgan fingerprint density at radius 2 is 2.16 bits per heavy atom. The highest BCUT2D eigenvalue weighted by Gasteiger charge is 2.20. The van der Waals surface area contributed by atoms with Gasteiger partial charge in [-0.25, -0.2) is 4.98 Å². The molecule has 1 N–H and O–H groups in total. The molecule has 2 fully saturated rings. The molecule has 3 heteroatoms. The second-order valence-corrected chi connectivity index (χ2v) is 6.20. The van der Waals surface area contributed by atoms with Crippen LogP contribution < -0.4 is 10.2 Å². The van der Waals surface area contributed by atoms with Crippen molar-refractivity contribution in [2.24, 2.45) is 5.92 Å². The maximum absolute atomic E-state index is 4.57. The van der Waals surface area contributed by atoms with Gasteiger partial charge in [0.2, 0.25) is 0 Å². The topological polar surface area (TPSA) is 28.2 Å². The molecule has 0 radical (unpaired) electrons. The Hall–Kier alpha value is -1.09. The van der Waals surface area contributed by atoms with Gasteiger partial charge in [-0.2, -0.15) is 0 Å². The first kappa shape index (κ1) is 12.9. The number of aromatic nitrogens is 1. The third kappa shape index (κ3) is 3.69.